The molecule has 1 aromatic carbocycles. The van der Waals surface area contributed by atoms with E-state index in [2.05, 4.69) is 10.1 Å². The lowest BCUT2D eigenvalue weighted by molar-refractivity contribution is -0.143. The number of hydrogen-bond donors (Lipinski definition) is 1. The van der Waals surface area contributed by atoms with Crippen molar-refractivity contribution in [3.63, 3.8) is 0 Å². The smallest absolute Gasteiger partial charge is 0.334 e. The molecule has 0 aliphatic rings. The summed E-state index contributed by atoms with van der Waals surface area (Å²) in [6, 6.07) is 5.43. The van der Waals surface area contributed by atoms with Gasteiger partial charge in [0.15, 0.2) is 0 Å². The average Bonchev–Trinajstić information content (AvgIpc) is 2.64. The van der Waals surface area contributed by atoms with Gasteiger partial charge in [-0.15, -0.1) is 0 Å². The largest absolute Gasteiger partial charge is 0.467 e. The maximum absolute atomic E-state index is 12.3. The molecule has 1 rings (SSSR count). The van der Waals surface area contributed by atoms with Gasteiger partial charge in [-0.2, -0.15) is 0 Å². The predicted octanol–water partition coefficient (Wildman–Crippen LogP) is 2.31. The molecule has 0 heterocycles. The van der Waals surface area contributed by atoms with Crippen molar-refractivity contribution in [2.75, 3.05) is 21.3 Å². The zero-order valence-corrected chi connectivity index (χ0v) is 16.2. The minimum atomic E-state index is -3.19. The minimum Gasteiger partial charge on any atom is -0.467 e. The first-order valence-electron chi connectivity index (χ1n) is 7.92. The van der Waals surface area contributed by atoms with Gasteiger partial charge >= 0.3 is 13.6 Å². The minimum absolute atomic E-state index is 0.0747. The van der Waals surface area contributed by atoms with Gasteiger partial charge in [-0.05, 0) is 31.0 Å². The van der Waals surface area contributed by atoms with Crippen LogP contribution in [0.3, 0.4) is 0 Å². The summed E-state index contributed by atoms with van der Waals surface area (Å²) in [7, 11) is 0.634. The van der Waals surface area contributed by atoms with E-state index in [1.54, 1.807) is 24.3 Å². The Hall–Kier alpha value is -2.02. The van der Waals surface area contributed by atoms with Gasteiger partial charge in [0.2, 0.25) is 0 Å². The van der Waals surface area contributed by atoms with E-state index in [-0.39, 0.29) is 24.8 Å². The van der Waals surface area contributed by atoms with Crippen LogP contribution in [0.2, 0.25) is 0 Å². The molecule has 8 nitrogen and oxygen atoms in total. The summed E-state index contributed by atoms with van der Waals surface area (Å²) in [4.78, 5) is 35.2. The summed E-state index contributed by atoms with van der Waals surface area (Å²) in [5, 5.41) is 2.56. The van der Waals surface area contributed by atoms with Crippen LogP contribution in [0.5, 0.6) is 0 Å². The highest BCUT2D eigenvalue weighted by Gasteiger charge is 2.24. The molecule has 1 atom stereocenters. The number of ether oxygens (including phenoxy) is 1. The molecule has 0 aromatic heterocycles. The lowest BCUT2D eigenvalue weighted by atomic mass is 10.1. The fraction of sp³-hybridized carbons (Fsp3) is 0.471. The second kappa shape index (κ2) is 10.2. The van der Waals surface area contributed by atoms with Gasteiger partial charge in [0, 0.05) is 26.2 Å². The second-order valence-corrected chi connectivity index (χ2v) is 7.89. The van der Waals surface area contributed by atoms with Gasteiger partial charge in [-0.1, -0.05) is 12.1 Å². The van der Waals surface area contributed by atoms with E-state index in [1.165, 1.54) is 28.3 Å². The Bertz CT molecular complexity index is 679. The van der Waals surface area contributed by atoms with Crippen molar-refractivity contribution in [1.29, 1.82) is 0 Å². The van der Waals surface area contributed by atoms with E-state index in [4.69, 9.17) is 9.05 Å². The van der Waals surface area contributed by atoms with Crippen LogP contribution in [-0.2, 0) is 34.1 Å². The number of amides is 1. The third kappa shape index (κ3) is 6.71. The van der Waals surface area contributed by atoms with E-state index in [0.717, 1.165) is 0 Å². The lowest BCUT2D eigenvalue weighted by Gasteiger charge is -2.16. The summed E-state index contributed by atoms with van der Waals surface area (Å²) in [5.41, 5.74) is 0.991. The Kier molecular flexibility index (Phi) is 8.65. The van der Waals surface area contributed by atoms with Crippen LogP contribution < -0.4 is 5.32 Å². The first kappa shape index (κ1) is 22.0. The molecule has 1 amide bonds. The molecule has 0 saturated carbocycles. The van der Waals surface area contributed by atoms with Crippen molar-refractivity contribution in [1.82, 2.24) is 5.32 Å². The van der Waals surface area contributed by atoms with Crippen molar-refractivity contribution in [2.45, 2.75) is 32.0 Å². The summed E-state index contributed by atoms with van der Waals surface area (Å²) in [5.74, 6) is -1.17. The number of hydrogen-bond acceptors (Lipinski definition) is 7. The van der Waals surface area contributed by atoms with Crippen molar-refractivity contribution >= 4 is 25.3 Å². The number of carbonyl (C=O) groups is 3. The fourth-order valence-corrected chi connectivity index (χ4v) is 3.23. The zero-order chi connectivity index (χ0) is 19.7. The Labute approximate surface area is 152 Å². The number of carbonyl (C=O) groups excluding carboxylic acids is 3. The van der Waals surface area contributed by atoms with Gasteiger partial charge in [0.05, 0.1) is 13.3 Å². The van der Waals surface area contributed by atoms with Crippen LogP contribution in [0.25, 0.3) is 0 Å². The molecular weight excluding hydrogens is 361 g/mol. The quantitative estimate of drug-likeness (QED) is 0.486. The topological polar surface area (TPSA) is 108 Å². The number of ketones is 1. The van der Waals surface area contributed by atoms with Crippen molar-refractivity contribution in [3.05, 3.63) is 35.4 Å². The predicted molar refractivity (Wildman–Crippen MR) is 95.0 cm³/mol. The SMILES string of the molecule is COC(=O)[C@@H](CCC(C)=O)NC(=O)c1ccc(CP(=O)(OC)OC)cc1. The first-order chi connectivity index (χ1) is 12.2. The number of methoxy groups -OCH3 is 1. The van der Waals surface area contributed by atoms with Crippen LogP contribution in [0, 0.1) is 0 Å². The third-order valence-electron chi connectivity index (χ3n) is 3.72. The second-order valence-electron chi connectivity index (χ2n) is 5.62. The van der Waals surface area contributed by atoms with E-state index < -0.39 is 25.5 Å². The van der Waals surface area contributed by atoms with E-state index >= 15 is 0 Å². The molecule has 0 aliphatic carbocycles. The molecule has 26 heavy (non-hydrogen) atoms. The average molecular weight is 385 g/mol. The first-order valence-corrected chi connectivity index (χ1v) is 9.65. The van der Waals surface area contributed by atoms with Crippen LogP contribution in [-0.4, -0.2) is 45.0 Å². The maximum Gasteiger partial charge on any atom is 0.334 e. The molecule has 0 spiro atoms. The van der Waals surface area contributed by atoms with Crippen molar-refractivity contribution in [3.8, 4) is 0 Å². The molecule has 0 fully saturated rings. The Morgan fingerprint density at radius 1 is 1.08 bits per heavy atom. The molecule has 0 saturated heterocycles. The van der Waals surface area contributed by atoms with Crippen molar-refractivity contribution in [2.24, 2.45) is 0 Å². The van der Waals surface area contributed by atoms with Crippen LogP contribution in [0.1, 0.15) is 35.7 Å². The Morgan fingerprint density at radius 3 is 2.12 bits per heavy atom. The molecular formula is C17H24NO7P. The molecule has 144 valence electrons. The van der Waals surface area contributed by atoms with E-state index in [9.17, 15) is 18.9 Å². The van der Waals surface area contributed by atoms with E-state index in [0.29, 0.717) is 11.1 Å². The molecule has 0 unspecified atom stereocenters. The van der Waals surface area contributed by atoms with Crippen LogP contribution in [0.15, 0.2) is 24.3 Å². The Morgan fingerprint density at radius 2 is 1.65 bits per heavy atom. The molecule has 0 bridgehead atoms. The highest BCUT2D eigenvalue weighted by molar-refractivity contribution is 7.52. The number of benzene rings is 1. The molecule has 1 aromatic rings. The van der Waals surface area contributed by atoms with Gasteiger partial charge in [0.1, 0.15) is 11.8 Å². The standard InChI is InChI=1S/C17H24NO7P/c1-12(19)5-10-15(17(21)23-2)18-16(20)14-8-6-13(7-9-14)11-26(22,24-3)25-4/h6-9,15H,5,10-11H2,1-4H3,(H,18,20)/t15-/m1/s1. The fourth-order valence-electron chi connectivity index (χ4n) is 2.17. The van der Waals surface area contributed by atoms with Crippen molar-refractivity contribution < 1.29 is 32.7 Å². The summed E-state index contributed by atoms with van der Waals surface area (Å²) in [6.07, 6.45) is 0.393. The van der Waals surface area contributed by atoms with Gasteiger partial charge < -0.3 is 23.9 Å². The Balaban J connectivity index is 2.80. The van der Waals surface area contributed by atoms with E-state index in [1.807, 2.05) is 0 Å². The molecule has 1 N–H and O–H groups in total. The summed E-state index contributed by atoms with van der Waals surface area (Å²) in [6.45, 7) is 1.41. The maximum atomic E-state index is 12.3. The monoisotopic (exact) mass is 385 g/mol. The van der Waals surface area contributed by atoms with Crippen LogP contribution in [0.4, 0.5) is 0 Å². The lowest BCUT2D eigenvalue weighted by Crippen LogP contribution is -2.41. The van der Waals surface area contributed by atoms with Gasteiger partial charge in [0.25, 0.3) is 5.91 Å². The summed E-state index contributed by atoms with van der Waals surface area (Å²) >= 11 is 0. The number of Topliss-reactive ketones (excluding diaryl/α,β-unsaturated/α-hetero) is 1. The number of esters is 1. The zero-order valence-electron chi connectivity index (χ0n) is 15.3. The molecule has 9 heteroatoms. The van der Waals surface area contributed by atoms with Gasteiger partial charge in [-0.3, -0.25) is 9.36 Å². The third-order valence-corrected chi connectivity index (χ3v) is 5.59. The highest BCUT2D eigenvalue weighted by atomic mass is 31.2. The van der Waals surface area contributed by atoms with Gasteiger partial charge in [-0.25, -0.2) is 4.79 Å². The number of nitrogens with one attached hydrogen (secondary N) is 1. The number of rotatable bonds is 10. The molecule has 0 aliphatic heterocycles. The normalized spacial score (nSPS) is 12.3. The molecule has 0 radical (unpaired) electrons. The van der Waals surface area contributed by atoms with Crippen LogP contribution >= 0.6 is 7.60 Å². The summed E-state index contributed by atoms with van der Waals surface area (Å²) < 4.78 is 26.5. The highest BCUT2D eigenvalue weighted by Crippen LogP contribution is 2.49.